The summed E-state index contributed by atoms with van der Waals surface area (Å²) in [5.74, 6) is 0.110. The lowest BCUT2D eigenvalue weighted by Gasteiger charge is -2.33. The first-order chi connectivity index (χ1) is 9.87. The molecule has 0 saturated heterocycles. The highest BCUT2D eigenvalue weighted by Gasteiger charge is 2.25. The van der Waals surface area contributed by atoms with E-state index in [-0.39, 0.29) is 17.5 Å². The van der Waals surface area contributed by atoms with Crippen LogP contribution in [0.1, 0.15) is 39.7 Å². The highest BCUT2D eigenvalue weighted by atomic mass is 16.2. The van der Waals surface area contributed by atoms with E-state index in [1.165, 1.54) is 11.1 Å². The molecule has 1 amide bonds. The third-order valence-corrected chi connectivity index (χ3v) is 3.81. The van der Waals surface area contributed by atoms with Crippen LogP contribution >= 0.6 is 0 Å². The maximum Gasteiger partial charge on any atom is 0.237 e. The Bertz CT molecular complexity index is 514. The van der Waals surface area contributed by atoms with Crippen LogP contribution in [0, 0.1) is 0 Å². The summed E-state index contributed by atoms with van der Waals surface area (Å²) in [4.78, 5) is 14.5. The lowest BCUT2D eigenvalue weighted by atomic mass is 9.98. The molecule has 0 aromatic heterocycles. The monoisotopic (exact) mass is 286 g/mol. The fraction of sp³-hybridized carbons (Fsp3) is 0.500. The van der Waals surface area contributed by atoms with Gasteiger partial charge in [-0.15, -0.1) is 0 Å². The quantitative estimate of drug-likeness (QED) is 0.926. The molecule has 0 radical (unpaired) electrons. The van der Waals surface area contributed by atoms with E-state index >= 15 is 0 Å². The lowest BCUT2D eigenvalue weighted by Crippen LogP contribution is -2.51. The van der Waals surface area contributed by atoms with Gasteiger partial charge in [0, 0.05) is 18.6 Å². The predicted octanol–water partition coefficient (Wildman–Crippen LogP) is 3.08. The molecule has 1 aliphatic rings. The van der Waals surface area contributed by atoms with Crippen LogP contribution in [-0.2, 0) is 4.79 Å². The van der Waals surface area contributed by atoms with Crippen LogP contribution in [0.3, 0.4) is 0 Å². The van der Waals surface area contributed by atoms with Crippen molar-refractivity contribution in [2.24, 2.45) is 0 Å². The predicted molar refractivity (Wildman–Crippen MR) is 88.0 cm³/mol. The van der Waals surface area contributed by atoms with Crippen molar-refractivity contribution < 1.29 is 4.79 Å². The number of nitrogens with one attached hydrogen (secondary N) is 1. The van der Waals surface area contributed by atoms with Crippen LogP contribution in [0.5, 0.6) is 0 Å². The normalized spacial score (nSPS) is 18.0. The zero-order chi connectivity index (χ0) is 15.5. The Labute approximate surface area is 128 Å². The summed E-state index contributed by atoms with van der Waals surface area (Å²) < 4.78 is 0. The van der Waals surface area contributed by atoms with E-state index in [2.05, 4.69) is 40.6 Å². The number of amides is 1. The van der Waals surface area contributed by atoms with Crippen molar-refractivity contribution in [3.05, 3.63) is 42.0 Å². The topological polar surface area (TPSA) is 32.3 Å². The Kier molecular flexibility index (Phi) is 4.84. The number of benzene rings is 1. The van der Waals surface area contributed by atoms with Crippen molar-refractivity contribution in [3.8, 4) is 0 Å². The maximum absolute atomic E-state index is 12.2. The van der Waals surface area contributed by atoms with Crippen molar-refractivity contribution in [2.45, 2.75) is 45.7 Å². The molecule has 0 aliphatic carbocycles. The molecule has 114 valence electrons. The van der Waals surface area contributed by atoms with Crippen LogP contribution < -0.4 is 5.32 Å². The molecule has 1 aliphatic heterocycles. The molecule has 1 aromatic rings. The fourth-order valence-corrected chi connectivity index (χ4v) is 2.59. The van der Waals surface area contributed by atoms with Crippen LogP contribution in [0.15, 0.2) is 36.4 Å². The van der Waals surface area contributed by atoms with Gasteiger partial charge in [0.1, 0.15) is 0 Å². The first-order valence-corrected chi connectivity index (χ1v) is 7.67. The molecule has 2 rings (SSSR count). The van der Waals surface area contributed by atoms with E-state index in [1.807, 2.05) is 33.8 Å². The lowest BCUT2D eigenvalue weighted by molar-refractivity contribution is -0.127. The number of nitrogens with zero attached hydrogens (tertiary/aromatic N) is 1. The van der Waals surface area contributed by atoms with E-state index < -0.39 is 0 Å². The number of hydrogen-bond donors (Lipinski definition) is 1. The zero-order valence-corrected chi connectivity index (χ0v) is 13.5. The van der Waals surface area contributed by atoms with E-state index in [9.17, 15) is 4.79 Å². The molecule has 3 heteroatoms. The molecular weight excluding hydrogens is 260 g/mol. The van der Waals surface area contributed by atoms with Crippen molar-refractivity contribution in [3.63, 3.8) is 0 Å². The van der Waals surface area contributed by atoms with E-state index in [0.717, 1.165) is 19.5 Å². The number of carbonyl (C=O) groups is 1. The molecule has 1 N–H and O–H groups in total. The SMILES string of the molecule is C[C@H](C(=O)NC(C)(C)C)N1CC=C(c2ccccc2)CC1. The first-order valence-electron chi connectivity index (χ1n) is 7.67. The average molecular weight is 286 g/mol. The standard InChI is InChI=1S/C18H26N2O/c1-14(17(21)19-18(2,3)4)20-12-10-16(11-13-20)15-8-6-5-7-9-15/h5-10,14H,11-13H2,1-4H3,(H,19,21)/t14-/m1/s1. The molecule has 0 spiro atoms. The summed E-state index contributed by atoms with van der Waals surface area (Å²) in [5, 5.41) is 3.06. The second kappa shape index (κ2) is 6.44. The number of carbonyl (C=O) groups excluding carboxylic acids is 1. The highest BCUT2D eigenvalue weighted by Crippen LogP contribution is 2.23. The third kappa shape index (κ3) is 4.43. The summed E-state index contributed by atoms with van der Waals surface area (Å²) >= 11 is 0. The Morgan fingerprint density at radius 1 is 1.24 bits per heavy atom. The van der Waals surface area contributed by atoms with Crippen LogP contribution in [-0.4, -0.2) is 35.5 Å². The molecular formula is C18H26N2O. The molecule has 21 heavy (non-hydrogen) atoms. The zero-order valence-electron chi connectivity index (χ0n) is 13.5. The van der Waals surface area contributed by atoms with Crippen molar-refractivity contribution >= 4 is 11.5 Å². The summed E-state index contributed by atoms with van der Waals surface area (Å²) in [6.45, 7) is 9.80. The van der Waals surface area contributed by atoms with E-state index in [4.69, 9.17) is 0 Å². The van der Waals surface area contributed by atoms with Crippen molar-refractivity contribution in [1.82, 2.24) is 10.2 Å². The van der Waals surface area contributed by atoms with Gasteiger partial charge in [0.05, 0.1) is 6.04 Å². The highest BCUT2D eigenvalue weighted by molar-refractivity contribution is 5.82. The maximum atomic E-state index is 12.2. The molecule has 0 unspecified atom stereocenters. The largest absolute Gasteiger partial charge is 0.350 e. The Balaban J connectivity index is 1.97. The molecule has 3 nitrogen and oxygen atoms in total. The number of rotatable bonds is 3. The molecule has 0 fully saturated rings. The van der Waals surface area contributed by atoms with Gasteiger partial charge < -0.3 is 5.32 Å². The van der Waals surface area contributed by atoms with Gasteiger partial charge in [-0.1, -0.05) is 36.4 Å². The van der Waals surface area contributed by atoms with Gasteiger partial charge in [0.25, 0.3) is 0 Å². The van der Waals surface area contributed by atoms with Gasteiger partial charge in [-0.05, 0) is 45.3 Å². The number of hydrogen-bond acceptors (Lipinski definition) is 2. The van der Waals surface area contributed by atoms with Crippen LogP contribution in [0.25, 0.3) is 5.57 Å². The van der Waals surface area contributed by atoms with Crippen LogP contribution in [0.4, 0.5) is 0 Å². The molecule has 0 saturated carbocycles. The van der Waals surface area contributed by atoms with Gasteiger partial charge >= 0.3 is 0 Å². The van der Waals surface area contributed by atoms with Crippen molar-refractivity contribution in [2.75, 3.05) is 13.1 Å². The van der Waals surface area contributed by atoms with Crippen LogP contribution in [0.2, 0.25) is 0 Å². The van der Waals surface area contributed by atoms with Gasteiger partial charge in [-0.3, -0.25) is 9.69 Å². The summed E-state index contributed by atoms with van der Waals surface area (Å²) in [6, 6.07) is 10.4. The Morgan fingerprint density at radius 3 is 2.43 bits per heavy atom. The third-order valence-electron chi connectivity index (χ3n) is 3.81. The summed E-state index contributed by atoms with van der Waals surface area (Å²) in [7, 11) is 0. The average Bonchev–Trinajstić information content (AvgIpc) is 2.46. The molecule has 0 bridgehead atoms. The molecule has 1 atom stereocenters. The van der Waals surface area contributed by atoms with E-state index in [0.29, 0.717) is 0 Å². The van der Waals surface area contributed by atoms with E-state index in [1.54, 1.807) is 0 Å². The minimum Gasteiger partial charge on any atom is -0.350 e. The summed E-state index contributed by atoms with van der Waals surface area (Å²) in [6.07, 6.45) is 3.25. The summed E-state index contributed by atoms with van der Waals surface area (Å²) in [5.41, 5.74) is 2.51. The first kappa shape index (κ1) is 15.8. The Hall–Kier alpha value is -1.61. The van der Waals surface area contributed by atoms with Gasteiger partial charge in [-0.25, -0.2) is 0 Å². The molecule has 1 aromatic carbocycles. The minimum atomic E-state index is -0.174. The smallest absolute Gasteiger partial charge is 0.237 e. The van der Waals surface area contributed by atoms with Gasteiger partial charge in [-0.2, -0.15) is 0 Å². The fourth-order valence-electron chi connectivity index (χ4n) is 2.59. The van der Waals surface area contributed by atoms with Gasteiger partial charge in [0.15, 0.2) is 0 Å². The Morgan fingerprint density at radius 2 is 1.90 bits per heavy atom. The second-order valence-electron chi connectivity index (χ2n) is 6.76. The van der Waals surface area contributed by atoms with Gasteiger partial charge in [0.2, 0.25) is 5.91 Å². The minimum absolute atomic E-state index is 0.0854. The molecule has 1 heterocycles. The second-order valence-corrected chi connectivity index (χ2v) is 6.76. The van der Waals surface area contributed by atoms with Crippen molar-refractivity contribution in [1.29, 1.82) is 0 Å².